The van der Waals surface area contributed by atoms with Crippen LogP contribution in [-0.4, -0.2) is 9.55 Å². The van der Waals surface area contributed by atoms with Crippen LogP contribution in [0.5, 0.6) is 0 Å². The summed E-state index contributed by atoms with van der Waals surface area (Å²) in [7, 11) is 0. The van der Waals surface area contributed by atoms with E-state index in [4.69, 9.17) is 0 Å². The number of allylic oxidation sites excluding steroid dienone is 1. The fourth-order valence-corrected chi connectivity index (χ4v) is 8.85. The normalized spacial score (nSPS) is 12.7. The van der Waals surface area contributed by atoms with Gasteiger partial charge in [-0.15, -0.1) is 0 Å². The largest absolute Gasteiger partial charge is 0.309 e. The van der Waals surface area contributed by atoms with Crippen molar-refractivity contribution < 1.29 is 0 Å². The molecule has 1 aliphatic rings. The average molecular weight is 675 g/mol. The van der Waals surface area contributed by atoms with Crippen LogP contribution in [0.4, 0.5) is 0 Å². The van der Waals surface area contributed by atoms with E-state index in [0.717, 1.165) is 29.4 Å². The molecule has 2 aromatic heterocycles. The highest BCUT2D eigenvalue weighted by Gasteiger charge is 2.23. The van der Waals surface area contributed by atoms with Gasteiger partial charge in [-0.2, -0.15) is 0 Å². The molecule has 0 unspecified atom stereocenters. The quantitative estimate of drug-likeness (QED) is 0.182. The first-order chi connectivity index (χ1) is 26.3. The van der Waals surface area contributed by atoms with Crippen molar-refractivity contribution in [3.05, 3.63) is 187 Å². The molecule has 248 valence electrons. The third-order valence-corrected chi connectivity index (χ3v) is 11.3. The molecular weight excluding hydrogens is 641 g/mol. The van der Waals surface area contributed by atoms with Crippen molar-refractivity contribution in [2.24, 2.45) is 0 Å². The van der Waals surface area contributed by atoms with Gasteiger partial charge in [0.2, 0.25) is 0 Å². The first-order valence-electron chi connectivity index (χ1n) is 18.5. The molecule has 10 aromatic rings. The predicted molar refractivity (Wildman–Crippen MR) is 225 cm³/mol. The summed E-state index contributed by atoms with van der Waals surface area (Å²) in [5, 5.41) is 9.99. The highest BCUT2D eigenvalue weighted by atomic mass is 15.0. The fourth-order valence-electron chi connectivity index (χ4n) is 8.85. The minimum absolute atomic E-state index is 1.02. The van der Waals surface area contributed by atoms with E-state index in [1.807, 2.05) is 12.4 Å². The Morgan fingerprint density at radius 1 is 0.453 bits per heavy atom. The zero-order valence-corrected chi connectivity index (χ0v) is 29.1. The van der Waals surface area contributed by atoms with Crippen LogP contribution in [0, 0.1) is 0 Å². The number of benzene rings is 8. The van der Waals surface area contributed by atoms with Crippen molar-refractivity contribution in [2.75, 3.05) is 0 Å². The lowest BCUT2D eigenvalue weighted by Crippen LogP contribution is -2.03. The highest BCUT2D eigenvalue weighted by Crippen LogP contribution is 2.47. The summed E-state index contributed by atoms with van der Waals surface area (Å²) < 4.78 is 2.35. The fraction of sp³-hybridized carbons (Fsp3) is 0.0392. The zero-order chi connectivity index (χ0) is 34.9. The van der Waals surface area contributed by atoms with Crippen LogP contribution >= 0.6 is 0 Å². The summed E-state index contributed by atoms with van der Waals surface area (Å²) in [6.45, 7) is 0. The Morgan fingerprint density at radius 2 is 1.08 bits per heavy atom. The number of nitrogens with zero attached hydrogens (tertiary/aromatic N) is 2. The second kappa shape index (κ2) is 11.9. The van der Waals surface area contributed by atoms with Crippen LogP contribution in [0.3, 0.4) is 0 Å². The third kappa shape index (κ3) is 4.76. The molecule has 2 nitrogen and oxygen atoms in total. The Balaban J connectivity index is 1.19. The first-order valence-corrected chi connectivity index (χ1v) is 18.5. The van der Waals surface area contributed by atoms with E-state index < -0.39 is 0 Å². The molecule has 1 aliphatic carbocycles. The summed E-state index contributed by atoms with van der Waals surface area (Å²) in [4.78, 5) is 4.56. The van der Waals surface area contributed by atoms with E-state index in [2.05, 4.69) is 179 Å². The SMILES string of the molecule is C1=Cc2c(c(-c3ccc4ccccc4c3)c3ccc(-c4ccc5c(c4)c4cnccc4n5-c4ccccc4)cc3c2-c2ccc3ccccc3c2)CC1. The van der Waals surface area contributed by atoms with Crippen LogP contribution in [0.15, 0.2) is 176 Å². The maximum atomic E-state index is 4.56. The second-order valence-corrected chi connectivity index (χ2v) is 14.3. The van der Waals surface area contributed by atoms with Crippen molar-refractivity contribution in [2.45, 2.75) is 12.8 Å². The molecule has 0 radical (unpaired) electrons. The molecule has 0 fully saturated rings. The molecular formula is C51H34N2. The number of fused-ring (bicyclic) bond motifs is 7. The average Bonchev–Trinajstić information content (AvgIpc) is 3.56. The van der Waals surface area contributed by atoms with Gasteiger partial charge in [-0.05, 0) is 138 Å². The van der Waals surface area contributed by atoms with E-state index in [1.54, 1.807) is 0 Å². The second-order valence-electron chi connectivity index (χ2n) is 14.3. The van der Waals surface area contributed by atoms with E-state index in [-0.39, 0.29) is 0 Å². The number of para-hydroxylation sites is 1. The lowest BCUT2D eigenvalue weighted by Gasteiger charge is -2.24. The standard InChI is InChI=1S/C51H34N2/c1-2-14-41(15-3-1)53-48-25-23-38(30-45(48)47-32-52-27-26-49(47)53)37-22-24-44-46(31-37)51(40-21-19-34-11-5-7-13-36(34)29-40)43-17-9-8-16-42(43)50(44)39-20-18-33-10-4-6-12-35(33)28-39/h1-7,9-15,17-32H,8,16H2. The van der Waals surface area contributed by atoms with Crippen molar-refractivity contribution in [1.29, 1.82) is 0 Å². The van der Waals surface area contributed by atoms with Crippen molar-refractivity contribution >= 4 is 60.2 Å². The van der Waals surface area contributed by atoms with Crippen LogP contribution in [0.2, 0.25) is 0 Å². The van der Waals surface area contributed by atoms with Gasteiger partial charge in [-0.25, -0.2) is 0 Å². The van der Waals surface area contributed by atoms with Gasteiger partial charge in [0.05, 0.1) is 11.0 Å². The smallest absolute Gasteiger partial charge is 0.0571 e. The van der Waals surface area contributed by atoms with Gasteiger partial charge >= 0.3 is 0 Å². The van der Waals surface area contributed by atoms with E-state index in [9.17, 15) is 0 Å². The van der Waals surface area contributed by atoms with Crippen molar-refractivity contribution in [3.8, 4) is 39.1 Å². The topological polar surface area (TPSA) is 17.8 Å². The van der Waals surface area contributed by atoms with Crippen LogP contribution < -0.4 is 0 Å². The Labute approximate surface area is 307 Å². The van der Waals surface area contributed by atoms with Gasteiger partial charge in [-0.1, -0.05) is 121 Å². The Hall–Kier alpha value is -6.77. The van der Waals surface area contributed by atoms with Gasteiger partial charge in [-0.3, -0.25) is 4.98 Å². The molecule has 0 saturated carbocycles. The molecule has 2 heterocycles. The molecule has 0 N–H and O–H groups in total. The molecule has 2 heteroatoms. The van der Waals surface area contributed by atoms with Crippen molar-refractivity contribution in [1.82, 2.24) is 9.55 Å². The number of pyridine rings is 1. The first kappa shape index (κ1) is 29.9. The minimum atomic E-state index is 1.02. The van der Waals surface area contributed by atoms with Gasteiger partial charge in [0.1, 0.15) is 0 Å². The van der Waals surface area contributed by atoms with Crippen LogP contribution in [0.25, 0.3) is 99.3 Å². The lowest BCUT2D eigenvalue weighted by atomic mass is 9.79. The number of rotatable bonds is 4. The monoisotopic (exact) mass is 674 g/mol. The lowest BCUT2D eigenvalue weighted by molar-refractivity contribution is 0.991. The molecule has 11 rings (SSSR count). The van der Waals surface area contributed by atoms with E-state index in [1.165, 1.54) is 87.7 Å². The molecule has 0 bridgehead atoms. The maximum absolute atomic E-state index is 4.56. The summed E-state index contributed by atoms with van der Waals surface area (Å²) in [6.07, 6.45) is 10.7. The third-order valence-electron chi connectivity index (χ3n) is 11.3. The van der Waals surface area contributed by atoms with Gasteiger partial charge in [0.25, 0.3) is 0 Å². The number of aromatic nitrogens is 2. The highest BCUT2D eigenvalue weighted by molar-refractivity contribution is 6.14. The Bertz CT molecular complexity index is 3110. The van der Waals surface area contributed by atoms with Crippen LogP contribution in [-0.2, 0) is 6.42 Å². The molecule has 8 aromatic carbocycles. The zero-order valence-electron chi connectivity index (χ0n) is 29.1. The van der Waals surface area contributed by atoms with E-state index in [0.29, 0.717) is 0 Å². The number of hydrogen-bond acceptors (Lipinski definition) is 1. The Kier molecular flexibility index (Phi) is 6.72. The van der Waals surface area contributed by atoms with Crippen LogP contribution in [0.1, 0.15) is 17.5 Å². The van der Waals surface area contributed by atoms with E-state index >= 15 is 0 Å². The molecule has 0 amide bonds. The molecule has 0 aliphatic heterocycles. The van der Waals surface area contributed by atoms with Crippen molar-refractivity contribution in [3.63, 3.8) is 0 Å². The van der Waals surface area contributed by atoms with Gasteiger partial charge in [0.15, 0.2) is 0 Å². The Morgan fingerprint density at radius 3 is 1.83 bits per heavy atom. The number of hydrogen-bond donors (Lipinski definition) is 0. The molecule has 0 spiro atoms. The van der Waals surface area contributed by atoms with Gasteiger partial charge < -0.3 is 4.57 Å². The molecule has 53 heavy (non-hydrogen) atoms. The molecule has 0 saturated heterocycles. The molecule has 0 atom stereocenters. The summed E-state index contributed by atoms with van der Waals surface area (Å²) in [5.41, 5.74) is 13.9. The summed E-state index contributed by atoms with van der Waals surface area (Å²) in [6, 6.07) is 58.2. The predicted octanol–water partition coefficient (Wildman–Crippen LogP) is 13.6. The summed E-state index contributed by atoms with van der Waals surface area (Å²) in [5.74, 6) is 0. The minimum Gasteiger partial charge on any atom is -0.309 e. The maximum Gasteiger partial charge on any atom is 0.0571 e. The van der Waals surface area contributed by atoms with Gasteiger partial charge in [0, 0.05) is 28.9 Å². The summed E-state index contributed by atoms with van der Waals surface area (Å²) >= 11 is 0.